The summed E-state index contributed by atoms with van der Waals surface area (Å²) in [5.74, 6) is -0.797. The molecule has 3 nitrogen and oxygen atoms in total. The van der Waals surface area contributed by atoms with Crippen LogP contribution in [0.3, 0.4) is 0 Å². The number of halogens is 3. The van der Waals surface area contributed by atoms with Gasteiger partial charge in [0.2, 0.25) is 0 Å². The van der Waals surface area contributed by atoms with Crippen molar-refractivity contribution in [1.29, 1.82) is 0 Å². The standard InChI is InChI=1S/C15H19F3O3S/c1-11-7-9-13(10-8-11)22(19,20)21-14(15(16,17)18)12-5-3-2-4-6-12/h7-10,12,14H,2-6H2,1H3. The normalized spacial score (nSPS) is 19.1. The number of alkyl halides is 3. The summed E-state index contributed by atoms with van der Waals surface area (Å²) in [5.41, 5.74) is 0.818. The summed E-state index contributed by atoms with van der Waals surface area (Å²) >= 11 is 0. The summed E-state index contributed by atoms with van der Waals surface area (Å²) in [6, 6.07) is 5.58. The lowest BCUT2D eigenvalue weighted by atomic mass is 9.85. The molecule has 1 fully saturated rings. The molecule has 0 bridgehead atoms. The van der Waals surface area contributed by atoms with Crippen molar-refractivity contribution in [2.45, 2.75) is 56.2 Å². The molecule has 0 amide bonds. The van der Waals surface area contributed by atoms with E-state index in [4.69, 9.17) is 0 Å². The number of benzene rings is 1. The van der Waals surface area contributed by atoms with Crippen molar-refractivity contribution < 1.29 is 25.8 Å². The molecular formula is C15H19F3O3S. The molecule has 1 aromatic carbocycles. The predicted molar refractivity (Wildman–Crippen MR) is 75.9 cm³/mol. The lowest BCUT2D eigenvalue weighted by Crippen LogP contribution is -2.41. The summed E-state index contributed by atoms with van der Waals surface area (Å²) in [6.45, 7) is 1.76. The maximum absolute atomic E-state index is 13.2. The van der Waals surface area contributed by atoms with Gasteiger partial charge in [-0.05, 0) is 37.8 Å². The fourth-order valence-electron chi connectivity index (χ4n) is 2.73. The van der Waals surface area contributed by atoms with Gasteiger partial charge in [0, 0.05) is 0 Å². The Bertz CT molecular complexity index is 587. The van der Waals surface area contributed by atoms with Crippen molar-refractivity contribution in [3.05, 3.63) is 29.8 Å². The minimum atomic E-state index is -4.69. The van der Waals surface area contributed by atoms with Gasteiger partial charge in [-0.15, -0.1) is 0 Å². The Labute approximate surface area is 128 Å². The molecule has 0 radical (unpaired) electrons. The van der Waals surface area contributed by atoms with Crippen LogP contribution in [-0.2, 0) is 14.3 Å². The van der Waals surface area contributed by atoms with Gasteiger partial charge < -0.3 is 0 Å². The summed E-state index contributed by atoms with van der Waals surface area (Å²) < 4.78 is 68.5. The zero-order valence-electron chi connectivity index (χ0n) is 12.3. The van der Waals surface area contributed by atoms with Gasteiger partial charge >= 0.3 is 6.18 Å². The van der Waals surface area contributed by atoms with Crippen molar-refractivity contribution >= 4 is 10.1 Å². The van der Waals surface area contributed by atoms with Crippen LogP contribution in [0.1, 0.15) is 37.7 Å². The Morgan fingerprint density at radius 3 is 2.14 bits per heavy atom. The largest absolute Gasteiger partial charge is 0.416 e. The summed E-state index contributed by atoms with van der Waals surface area (Å²) in [5, 5.41) is 0. The van der Waals surface area contributed by atoms with E-state index in [-0.39, 0.29) is 4.90 Å². The molecule has 1 atom stereocenters. The molecule has 1 aromatic rings. The van der Waals surface area contributed by atoms with E-state index in [0.29, 0.717) is 25.7 Å². The average Bonchev–Trinajstić information content (AvgIpc) is 2.45. The van der Waals surface area contributed by atoms with Crippen molar-refractivity contribution in [2.75, 3.05) is 0 Å². The smallest absolute Gasteiger partial charge is 0.253 e. The third-order valence-electron chi connectivity index (χ3n) is 3.94. The Balaban J connectivity index is 2.23. The fraction of sp³-hybridized carbons (Fsp3) is 0.600. The van der Waals surface area contributed by atoms with E-state index in [1.807, 2.05) is 0 Å². The molecule has 0 spiro atoms. The first-order valence-electron chi connectivity index (χ1n) is 7.27. The van der Waals surface area contributed by atoms with Gasteiger partial charge in [-0.2, -0.15) is 21.6 Å². The third kappa shape index (κ3) is 4.23. The highest BCUT2D eigenvalue weighted by molar-refractivity contribution is 7.86. The van der Waals surface area contributed by atoms with Gasteiger partial charge in [0.1, 0.15) is 0 Å². The van der Waals surface area contributed by atoms with Crippen LogP contribution in [0, 0.1) is 12.8 Å². The Morgan fingerprint density at radius 1 is 1.09 bits per heavy atom. The zero-order valence-corrected chi connectivity index (χ0v) is 13.1. The van der Waals surface area contributed by atoms with Crippen LogP contribution < -0.4 is 0 Å². The van der Waals surface area contributed by atoms with Crippen LogP contribution in [0.2, 0.25) is 0 Å². The topological polar surface area (TPSA) is 43.4 Å². The van der Waals surface area contributed by atoms with Gasteiger partial charge in [-0.25, -0.2) is 0 Å². The Kier molecular flexibility index (Phi) is 5.17. The van der Waals surface area contributed by atoms with Gasteiger partial charge in [0.15, 0.2) is 6.10 Å². The number of aryl methyl sites for hydroxylation is 1. The molecule has 0 N–H and O–H groups in total. The molecule has 1 aliphatic rings. The molecule has 7 heteroatoms. The second-order valence-corrected chi connectivity index (χ2v) is 7.30. The molecule has 22 heavy (non-hydrogen) atoms. The summed E-state index contributed by atoms with van der Waals surface area (Å²) in [4.78, 5) is -0.247. The SMILES string of the molecule is Cc1ccc(S(=O)(=O)OC(C2CCCCC2)C(F)(F)F)cc1. The molecule has 1 saturated carbocycles. The fourth-order valence-corrected chi connectivity index (χ4v) is 3.85. The van der Waals surface area contributed by atoms with Crippen LogP contribution in [0.15, 0.2) is 29.2 Å². The maximum Gasteiger partial charge on any atom is 0.416 e. The molecule has 2 rings (SSSR count). The van der Waals surface area contributed by atoms with Crippen LogP contribution >= 0.6 is 0 Å². The predicted octanol–water partition coefficient (Wildman–Crippen LogP) is 4.21. The molecule has 1 unspecified atom stereocenters. The second kappa shape index (κ2) is 6.58. The van der Waals surface area contributed by atoms with E-state index >= 15 is 0 Å². The molecule has 0 aromatic heterocycles. The highest BCUT2D eigenvalue weighted by Gasteiger charge is 2.48. The first kappa shape index (κ1) is 17.3. The van der Waals surface area contributed by atoms with Gasteiger partial charge in [-0.3, -0.25) is 4.18 Å². The minimum Gasteiger partial charge on any atom is -0.253 e. The first-order chi connectivity index (χ1) is 10.2. The van der Waals surface area contributed by atoms with E-state index in [1.165, 1.54) is 24.3 Å². The zero-order chi connectivity index (χ0) is 16.4. The van der Waals surface area contributed by atoms with E-state index in [9.17, 15) is 21.6 Å². The number of hydrogen-bond acceptors (Lipinski definition) is 3. The van der Waals surface area contributed by atoms with E-state index in [2.05, 4.69) is 4.18 Å². The quantitative estimate of drug-likeness (QED) is 0.774. The van der Waals surface area contributed by atoms with Gasteiger partial charge in [0.25, 0.3) is 10.1 Å². The van der Waals surface area contributed by atoms with Crippen LogP contribution in [0.4, 0.5) is 13.2 Å². The Morgan fingerprint density at radius 2 is 1.64 bits per heavy atom. The monoisotopic (exact) mass is 336 g/mol. The van der Waals surface area contributed by atoms with E-state index in [1.54, 1.807) is 6.92 Å². The lowest BCUT2D eigenvalue weighted by Gasteiger charge is -2.30. The maximum atomic E-state index is 13.2. The minimum absolute atomic E-state index is 0.247. The molecule has 0 heterocycles. The molecule has 0 aliphatic heterocycles. The highest BCUT2D eigenvalue weighted by Crippen LogP contribution is 2.38. The van der Waals surface area contributed by atoms with Gasteiger partial charge in [-0.1, -0.05) is 37.0 Å². The van der Waals surface area contributed by atoms with Crippen molar-refractivity contribution in [3.63, 3.8) is 0 Å². The molecule has 124 valence electrons. The van der Waals surface area contributed by atoms with E-state index in [0.717, 1.165) is 12.0 Å². The summed E-state index contributed by atoms with van der Waals surface area (Å²) in [6.07, 6.45) is -4.05. The van der Waals surface area contributed by atoms with Crippen LogP contribution in [0.25, 0.3) is 0 Å². The van der Waals surface area contributed by atoms with Crippen molar-refractivity contribution in [1.82, 2.24) is 0 Å². The molecule has 1 aliphatic carbocycles. The third-order valence-corrected chi connectivity index (χ3v) is 5.25. The average molecular weight is 336 g/mol. The van der Waals surface area contributed by atoms with Crippen LogP contribution in [-0.4, -0.2) is 20.7 Å². The number of hydrogen-bond donors (Lipinski definition) is 0. The second-order valence-electron chi connectivity index (χ2n) is 5.72. The lowest BCUT2D eigenvalue weighted by molar-refractivity contribution is -0.211. The Hall–Kier alpha value is -1.08. The summed E-state index contributed by atoms with van der Waals surface area (Å²) in [7, 11) is -4.43. The van der Waals surface area contributed by atoms with Crippen molar-refractivity contribution in [3.8, 4) is 0 Å². The highest BCUT2D eigenvalue weighted by atomic mass is 32.2. The number of rotatable bonds is 4. The van der Waals surface area contributed by atoms with Gasteiger partial charge in [0.05, 0.1) is 4.90 Å². The van der Waals surface area contributed by atoms with E-state index < -0.39 is 28.3 Å². The van der Waals surface area contributed by atoms with Crippen LogP contribution in [0.5, 0.6) is 0 Å². The molecular weight excluding hydrogens is 317 g/mol. The molecule has 0 saturated heterocycles. The van der Waals surface area contributed by atoms with Crippen molar-refractivity contribution in [2.24, 2.45) is 5.92 Å². The first-order valence-corrected chi connectivity index (χ1v) is 8.67.